The molecular weight excluding hydrogens is 256 g/mol. The Kier molecular flexibility index (Phi) is 3.61. The summed E-state index contributed by atoms with van der Waals surface area (Å²) in [5.41, 5.74) is 0.137. The van der Waals surface area contributed by atoms with Crippen molar-refractivity contribution in [3.8, 4) is 0 Å². The van der Waals surface area contributed by atoms with Crippen molar-refractivity contribution < 1.29 is 14.6 Å². The highest BCUT2D eigenvalue weighted by molar-refractivity contribution is 5.85. The summed E-state index contributed by atoms with van der Waals surface area (Å²) < 4.78 is 6.00. The fraction of sp³-hybridized carbons (Fsp3) is 0.600. The summed E-state index contributed by atoms with van der Waals surface area (Å²) in [5.74, 6) is -0.349. The third-order valence-corrected chi connectivity index (χ3v) is 4.33. The average Bonchev–Trinajstić information content (AvgIpc) is 2.87. The number of rotatable bonds is 3. The predicted molar refractivity (Wildman–Crippen MR) is 75.0 cm³/mol. The van der Waals surface area contributed by atoms with Crippen molar-refractivity contribution >= 4 is 11.8 Å². The summed E-state index contributed by atoms with van der Waals surface area (Å²) in [4.78, 5) is 15.1. The van der Waals surface area contributed by atoms with Gasteiger partial charge in [-0.15, -0.1) is 0 Å². The molecule has 108 valence electrons. The van der Waals surface area contributed by atoms with E-state index in [2.05, 4.69) is 10.3 Å². The Morgan fingerprint density at radius 3 is 2.95 bits per heavy atom. The first-order chi connectivity index (χ1) is 9.67. The number of nitrogens with zero attached hydrogens (tertiary/aromatic N) is 1. The molecule has 1 aliphatic heterocycles. The lowest BCUT2D eigenvalue weighted by Crippen LogP contribution is -2.42. The fourth-order valence-corrected chi connectivity index (χ4v) is 3.36. The van der Waals surface area contributed by atoms with Crippen LogP contribution in [0.5, 0.6) is 0 Å². The van der Waals surface area contributed by atoms with Gasteiger partial charge in [0.2, 0.25) is 0 Å². The van der Waals surface area contributed by atoms with Gasteiger partial charge in [0, 0.05) is 12.6 Å². The maximum atomic E-state index is 10.9. The van der Waals surface area contributed by atoms with E-state index in [1.54, 1.807) is 6.07 Å². The van der Waals surface area contributed by atoms with Crippen molar-refractivity contribution in [2.24, 2.45) is 0 Å². The summed E-state index contributed by atoms with van der Waals surface area (Å²) in [6.07, 6.45) is 6.73. The van der Waals surface area contributed by atoms with Crippen molar-refractivity contribution in [2.45, 2.75) is 50.2 Å². The minimum atomic E-state index is -0.993. The minimum absolute atomic E-state index is 0.0559. The Balaban J connectivity index is 1.68. The number of nitrogens with one attached hydrogen (secondary N) is 1. The highest BCUT2D eigenvalue weighted by Gasteiger charge is 2.39. The second-order valence-corrected chi connectivity index (χ2v) is 5.79. The minimum Gasteiger partial charge on any atom is -0.477 e. The summed E-state index contributed by atoms with van der Waals surface area (Å²) in [6, 6.07) is 5.38. The van der Waals surface area contributed by atoms with Crippen molar-refractivity contribution in [1.82, 2.24) is 4.98 Å². The summed E-state index contributed by atoms with van der Waals surface area (Å²) >= 11 is 0. The van der Waals surface area contributed by atoms with Crippen LogP contribution in [-0.2, 0) is 4.74 Å². The lowest BCUT2D eigenvalue weighted by Gasteiger charge is -2.38. The standard InChI is InChI=1S/C15H20N2O3/c18-14(19)12-4-3-5-13(17-12)16-11-6-9-20-15(10-11)7-1-2-8-15/h3-5,11H,1-2,6-10H2,(H,16,17)(H,18,19). The van der Waals surface area contributed by atoms with Gasteiger partial charge in [-0.1, -0.05) is 18.9 Å². The molecule has 1 aliphatic carbocycles. The van der Waals surface area contributed by atoms with Gasteiger partial charge in [0.05, 0.1) is 5.60 Å². The van der Waals surface area contributed by atoms with E-state index in [4.69, 9.17) is 9.84 Å². The maximum absolute atomic E-state index is 10.9. The molecule has 0 amide bonds. The van der Waals surface area contributed by atoms with Crippen molar-refractivity contribution in [1.29, 1.82) is 0 Å². The number of carboxylic acids is 1. The van der Waals surface area contributed by atoms with Crippen LogP contribution in [0, 0.1) is 0 Å². The smallest absolute Gasteiger partial charge is 0.354 e. The Bertz CT molecular complexity index is 498. The van der Waals surface area contributed by atoms with Gasteiger partial charge in [0.1, 0.15) is 5.82 Å². The molecule has 1 aromatic heterocycles. The van der Waals surface area contributed by atoms with Crippen molar-refractivity contribution in [2.75, 3.05) is 11.9 Å². The molecule has 1 unspecified atom stereocenters. The van der Waals surface area contributed by atoms with Crippen LogP contribution in [0.2, 0.25) is 0 Å². The largest absolute Gasteiger partial charge is 0.477 e. The van der Waals surface area contributed by atoms with Crippen LogP contribution in [0.25, 0.3) is 0 Å². The van der Waals surface area contributed by atoms with Crippen LogP contribution in [0.4, 0.5) is 5.82 Å². The van der Waals surface area contributed by atoms with Gasteiger partial charge < -0.3 is 15.2 Å². The number of aromatic nitrogens is 1. The van der Waals surface area contributed by atoms with Gasteiger partial charge in [-0.05, 0) is 37.8 Å². The van der Waals surface area contributed by atoms with Crippen molar-refractivity contribution in [3.05, 3.63) is 23.9 Å². The highest BCUT2D eigenvalue weighted by atomic mass is 16.5. The Morgan fingerprint density at radius 1 is 1.40 bits per heavy atom. The molecule has 2 heterocycles. The molecule has 2 N–H and O–H groups in total. The lowest BCUT2D eigenvalue weighted by atomic mass is 9.89. The molecule has 5 heteroatoms. The van der Waals surface area contributed by atoms with Crippen LogP contribution < -0.4 is 5.32 Å². The predicted octanol–water partition coefficient (Wildman–Crippen LogP) is 2.68. The number of hydrogen-bond donors (Lipinski definition) is 2. The number of carbonyl (C=O) groups is 1. The van der Waals surface area contributed by atoms with E-state index in [0.29, 0.717) is 11.9 Å². The van der Waals surface area contributed by atoms with Gasteiger partial charge >= 0.3 is 5.97 Å². The SMILES string of the molecule is O=C(O)c1cccc(NC2CCOC3(CCCC3)C2)n1. The molecule has 0 radical (unpaired) electrons. The second-order valence-electron chi connectivity index (χ2n) is 5.79. The van der Waals surface area contributed by atoms with Crippen LogP contribution in [0.15, 0.2) is 18.2 Å². The second kappa shape index (κ2) is 5.40. The molecule has 5 nitrogen and oxygen atoms in total. The van der Waals surface area contributed by atoms with Gasteiger partial charge in [-0.3, -0.25) is 0 Å². The normalized spacial score (nSPS) is 24.7. The third kappa shape index (κ3) is 2.77. The van der Waals surface area contributed by atoms with E-state index < -0.39 is 5.97 Å². The molecule has 1 atom stereocenters. The average molecular weight is 276 g/mol. The topological polar surface area (TPSA) is 71.5 Å². The number of anilines is 1. The quantitative estimate of drug-likeness (QED) is 0.888. The zero-order chi connectivity index (χ0) is 14.0. The van der Waals surface area contributed by atoms with E-state index in [0.717, 1.165) is 32.3 Å². The first kappa shape index (κ1) is 13.4. The van der Waals surface area contributed by atoms with Crippen molar-refractivity contribution in [3.63, 3.8) is 0 Å². The summed E-state index contributed by atoms with van der Waals surface area (Å²) in [5, 5.41) is 12.3. The Labute approximate surface area is 118 Å². The Hall–Kier alpha value is -1.62. The fourth-order valence-electron chi connectivity index (χ4n) is 3.36. The van der Waals surface area contributed by atoms with E-state index in [9.17, 15) is 4.79 Å². The number of ether oxygens (including phenoxy) is 1. The molecular formula is C15H20N2O3. The van der Waals surface area contributed by atoms with Crippen LogP contribution >= 0.6 is 0 Å². The van der Waals surface area contributed by atoms with Gasteiger partial charge in [0.15, 0.2) is 5.69 Å². The highest BCUT2D eigenvalue weighted by Crippen LogP contribution is 2.40. The lowest BCUT2D eigenvalue weighted by molar-refractivity contribution is -0.0767. The Morgan fingerprint density at radius 2 is 2.20 bits per heavy atom. The molecule has 3 rings (SSSR count). The number of aromatic carboxylic acids is 1. The zero-order valence-corrected chi connectivity index (χ0v) is 11.5. The molecule has 0 bridgehead atoms. The first-order valence-corrected chi connectivity index (χ1v) is 7.28. The number of carboxylic acid groups (broad SMARTS) is 1. The molecule has 1 saturated heterocycles. The van der Waals surface area contributed by atoms with Gasteiger partial charge in [-0.2, -0.15) is 0 Å². The monoisotopic (exact) mass is 276 g/mol. The van der Waals surface area contributed by atoms with Gasteiger partial charge in [0.25, 0.3) is 0 Å². The molecule has 2 fully saturated rings. The van der Waals surface area contributed by atoms with Crippen LogP contribution in [0.1, 0.15) is 49.0 Å². The van der Waals surface area contributed by atoms with Gasteiger partial charge in [-0.25, -0.2) is 9.78 Å². The van der Waals surface area contributed by atoms with E-state index in [-0.39, 0.29) is 11.3 Å². The first-order valence-electron chi connectivity index (χ1n) is 7.28. The third-order valence-electron chi connectivity index (χ3n) is 4.33. The van der Waals surface area contributed by atoms with E-state index in [1.165, 1.54) is 18.9 Å². The van der Waals surface area contributed by atoms with E-state index in [1.807, 2.05) is 6.07 Å². The number of hydrogen-bond acceptors (Lipinski definition) is 4. The molecule has 0 aromatic carbocycles. The molecule has 20 heavy (non-hydrogen) atoms. The molecule has 1 saturated carbocycles. The molecule has 1 aromatic rings. The number of pyridine rings is 1. The van der Waals surface area contributed by atoms with Crippen LogP contribution in [0.3, 0.4) is 0 Å². The van der Waals surface area contributed by atoms with Crippen LogP contribution in [-0.4, -0.2) is 34.3 Å². The summed E-state index contributed by atoms with van der Waals surface area (Å²) in [6.45, 7) is 0.774. The molecule has 1 spiro atoms. The molecule has 2 aliphatic rings. The maximum Gasteiger partial charge on any atom is 0.354 e. The summed E-state index contributed by atoms with van der Waals surface area (Å²) in [7, 11) is 0. The van der Waals surface area contributed by atoms with E-state index >= 15 is 0 Å². The zero-order valence-electron chi connectivity index (χ0n) is 11.5.